The van der Waals surface area contributed by atoms with Crippen LogP contribution in [0.5, 0.6) is 0 Å². The molecule has 0 bridgehead atoms. The van der Waals surface area contributed by atoms with Crippen LogP contribution in [0.3, 0.4) is 0 Å². The third kappa shape index (κ3) is 10.1. The molecule has 18 heavy (non-hydrogen) atoms. The topological polar surface area (TPSA) is 9.23 Å². The van der Waals surface area contributed by atoms with Crippen LogP contribution < -0.4 is 0 Å². The Labute approximate surface area is 114 Å². The second-order valence-corrected chi connectivity index (χ2v) is 4.19. The number of hydrogen-bond acceptors (Lipinski definition) is 1. The fourth-order valence-corrected chi connectivity index (χ4v) is 1.60. The Morgan fingerprint density at radius 2 is 1.67 bits per heavy atom. The first-order valence-electron chi connectivity index (χ1n) is 6.66. The summed E-state index contributed by atoms with van der Waals surface area (Å²) in [6.45, 7) is 11.9. The zero-order valence-corrected chi connectivity index (χ0v) is 13.0. The highest BCUT2D eigenvalue weighted by molar-refractivity contribution is 5.31. The van der Waals surface area contributed by atoms with Gasteiger partial charge >= 0.3 is 0 Å². The molecule has 0 aliphatic heterocycles. The van der Waals surface area contributed by atoms with Crippen molar-refractivity contribution in [3.63, 3.8) is 0 Å². The van der Waals surface area contributed by atoms with Crippen LogP contribution in [0.4, 0.5) is 0 Å². The predicted octanol–water partition coefficient (Wildman–Crippen LogP) is 4.96. The molecule has 0 spiro atoms. The molecule has 1 aromatic rings. The highest BCUT2D eigenvalue weighted by atomic mass is 16.4. The van der Waals surface area contributed by atoms with E-state index in [1.807, 2.05) is 6.92 Å². The molecule has 1 nitrogen and oxygen atoms in total. The molecule has 0 N–H and O–H groups in total. The van der Waals surface area contributed by atoms with Crippen molar-refractivity contribution < 1.29 is 4.74 Å². The van der Waals surface area contributed by atoms with E-state index in [1.54, 1.807) is 25.9 Å². The van der Waals surface area contributed by atoms with Crippen molar-refractivity contribution >= 4 is 0 Å². The number of allylic oxidation sites excluding steroid dienone is 1. The summed E-state index contributed by atoms with van der Waals surface area (Å²) in [4.78, 5) is 0. The minimum atomic E-state index is 1.16. The van der Waals surface area contributed by atoms with Gasteiger partial charge in [-0.2, -0.15) is 0 Å². The number of benzene rings is 1. The third-order valence-electron chi connectivity index (χ3n) is 2.26. The fourth-order valence-electron chi connectivity index (χ4n) is 1.60. The lowest BCUT2D eigenvalue weighted by Gasteiger charge is -2.07. The Morgan fingerprint density at radius 1 is 1.17 bits per heavy atom. The van der Waals surface area contributed by atoms with Crippen molar-refractivity contribution in [1.82, 2.24) is 0 Å². The molecule has 0 unspecified atom stereocenters. The van der Waals surface area contributed by atoms with E-state index in [1.165, 1.54) is 24.0 Å². The molecule has 0 radical (unpaired) electrons. The summed E-state index contributed by atoms with van der Waals surface area (Å²) in [5.41, 5.74) is 4.44. The van der Waals surface area contributed by atoms with Gasteiger partial charge in [-0.3, -0.25) is 0 Å². The second kappa shape index (κ2) is 14.0. The van der Waals surface area contributed by atoms with Gasteiger partial charge in [0.2, 0.25) is 0 Å². The Kier molecular flexibility index (Phi) is 15.0. The Hall–Kier alpha value is -1.08. The van der Waals surface area contributed by atoms with Crippen LogP contribution in [0.2, 0.25) is 0 Å². The first-order chi connectivity index (χ1) is 8.60. The second-order valence-electron chi connectivity index (χ2n) is 4.19. The van der Waals surface area contributed by atoms with E-state index in [0.29, 0.717) is 0 Å². The minimum Gasteiger partial charge on any atom is -0.388 e. The molecular formula is C17H30O. The summed E-state index contributed by atoms with van der Waals surface area (Å²) < 4.78 is 4.25. The first-order valence-corrected chi connectivity index (χ1v) is 6.66. The Balaban J connectivity index is 0. The smallest absolute Gasteiger partial charge is 0.0351 e. The molecule has 0 amide bonds. The van der Waals surface area contributed by atoms with Gasteiger partial charge < -0.3 is 4.74 Å². The summed E-state index contributed by atoms with van der Waals surface area (Å²) in [6.07, 6.45) is 5.39. The molecule has 0 aromatic heterocycles. The van der Waals surface area contributed by atoms with Crippen LogP contribution in [-0.2, 0) is 17.6 Å². The summed E-state index contributed by atoms with van der Waals surface area (Å²) >= 11 is 0. The van der Waals surface area contributed by atoms with E-state index in [0.717, 1.165) is 6.42 Å². The molecule has 104 valence electrons. The first kappa shape index (κ1) is 19.3. The maximum atomic E-state index is 4.25. The molecule has 1 heteroatoms. The van der Waals surface area contributed by atoms with Gasteiger partial charge in [0.15, 0.2) is 0 Å². The molecule has 0 fully saturated rings. The summed E-state index contributed by atoms with van der Waals surface area (Å²) in [6, 6.07) is 6.79. The van der Waals surface area contributed by atoms with Crippen molar-refractivity contribution in [3.8, 4) is 0 Å². The minimum absolute atomic E-state index is 1.16. The summed E-state index contributed by atoms with van der Waals surface area (Å²) in [5, 5.41) is 0. The quantitative estimate of drug-likeness (QED) is 0.689. The van der Waals surface area contributed by atoms with Gasteiger partial charge in [0.25, 0.3) is 0 Å². The number of aryl methyl sites for hydroxylation is 3. The van der Waals surface area contributed by atoms with Gasteiger partial charge in [0.1, 0.15) is 0 Å². The maximum Gasteiger partial charge on any atom is 0.0351 e. The van der Waals surface area contributed by atoms with Crippen molar-refractivity contribution in [1.29, 1.82) is 0 Å². The number of rotatable bonds is 3. The van der Waals surface area contributed by atoms with Crippen LogP contribution in [0.1, 0.15) is 43.9 Å². The number of methoxy groups -OCH3 is 1. The van der Waals surface area contributed by atoms with E-state index in [9.17, 15) is 0 Å². The zero-order valence-electron chi connectivity index (χ0n) is 13.0. The Bertz CT molecular complexity index is 302. The summed E-state index contributed by atoms with van der Waals surface area (Å²) in [5.74, 6) is 0. The van der Waals surface area contributed by atoms with Crippen LogP contribution in [0, 0.1) is 6.92 Å². The monoisotopic (exact) mass is 250 g/mol. The SMILES string of the molecule is C=CC.CCCc1cc(C)ccc1CC.COC. The molecule has 0 atom stereocenters. The van der Waals surface area contributed by atoms with Crippen molar-refractivity contribution in [2.45, 2.75) is 47.0 Å². The van der Waals surface area contributed by atoms with Crippen molar-refractivity contribution in [3.05, 3.63) is 47.5 Å². The molecule has 1 rings (SSSR count). The molecular weight excluding hydrogens is 220 g/mol. The van der Waals surface area contributed by atoms with E-state index < -0.39 is 0 Å². The molecule has 0 heterocycles. The highest BCUT2D eigenvalue weighted by Crippen LogP contribution is 2.14. The molecule has 0 aliphatic rings. The van der Waals surface area contributed by atoms with Gasteiger partial charge in [-0.1, -0.05) is 50.1 Å². The largest absolute Gasteiger partial charge is 0.388 e. The van der Waals surface area contributed by atoms with E-state index in [2.05, 4.69) is 50.3 Å². The maximum absolute atomic E-state index is 4.25. The van der Waals surface area contributed by atoms with Crippen LogP contribution in [0.15, 0.2) is 30.9 Å². The van der Waals surface area contributed by atoms with Crippen molar-refractivity contribution in [2.24, 2.45) is 0 Å². The highest BCUT2D eigenvalue weighted by Gasteiger charge is 1.98. The lowest BCUT2D eigenvalue weighted by atomic mass is 9.99. The normalized spacial score (nSPS) is 8.56. The molecule has 0 aliphatic carbocycles. The molecule has 0 saturated carbocycles. The van der Waals surface area contributed by atoms with E-state index >= 15 is 0 Å². The molecule has 0 saturated heterocycles. The van der Waals surface area contributed by atoms with Gasteiger partial charge in [0.05, 0.1) is 0 Å². The lowest BCUT2D eigenvalue weighted by Crippen LogP contribution is -1.92. The predicted molar refractivity (Wildman–Crippen MR) is 83.4 cm³/mol. The number of ether oxygens (including phenoxy) is 1. The van der Waals surface area contributed by atoms with Gasteiger partial charge in [0, 0.05) is 14.2 Å². The third-order valence-corrected chi connectivity index (χ3v) is 2.26. The van der Waals surface area contributed by atoms with Crippen LogP contribution in [-0.4, -0.2) is 14.2 Å². The lowest BCUT2D eigenvalue weighted by molar-refractivity contribution is 0.277. The van der Waals surface area contributed by atoms with Gasteiger partial charge in [-0.15, -0.1) is 6.58 Å². The van der Waals surface area contributed by atoms with E-state index in [-0.39, 0.29) is 0 Å². The van der Waals surface area contributed by atoms with Crippen molar-refractivity contribution in [2.75, 3.05) is 14.2 Å². The zero-order chi connectivity index (χ0) is 14.4. The Morgan fingerprint density at radius 3 is 2.06 bits per heavy atom. The van der Waals surface area contributed by atoms with Gasteiger partial charge in [-0.25, -0.2) is 0 Å². The average Bonchev–Trinajstić information content (AvgIpc) is 2.32. The van der Waals surface area contributed by atoms with Crippen LogP contribution in [0.25, 0.3) is 0 Å². The van der Waals surface area contributed by atoms with E-state index in [4.69, 9.17) is 0 Å². The average molecular weight is 250 g/mol. The van der Waals surface area contributed by atoms with Crippen LogP contribution >= 0.6 is 0 Å². The number of hydrogen-bond donors (Lipinski definition) is 0. The molecule has 1 aromatic carbocycles. The summed E-state index contributed by atoms with van der Waals surface area (Å²) in [7, 11) is 3.25. The standard InChI is InChI=1S/C12H18.C3H6.C2H6O/c1-4-6-12-9-10(3)7-8-11(12)5-2;2*1-3-2/h7-9H,4-6H2,1-3H3;3H,1H2,2H3;1-2H3. The fraction of sp³-hybridized carbons (Fsp3) is 0.529. The van der Waals surface area contributed by atoms with Gasteiger partial charge in [-0.05, 0) is 37.8 Å².